The van der Waals surface area contributed by atoms with Crippen molar-refractivity contribution in [2.75, 3.05) is 18.8 Å². The minimum absolute atomic E-state index is 0.00833. The molecule has 1 unspecified atom stereocenters. The number of hydrogen-bond acceptors (Lipinski definition) is 3. The van der Waals surface area contributed by atoms with Crippen molar-refractivity contribution in [2.24, 2.45) is 0 Å². The Morgan fingerprint density at radius 2 is 1.73 bits per heavy atom. The molecule has 1 N–H and O–H groups in total. The maximum Gasteiger partial charge on any atom is 0.242 e. The summed E-state index contributed by atoms with van der Waals surface area (Å²) < 4.78 is 0. The van der Waals surface area contributed by atoms with E-state index in [1.54, 1.807) is 4.90 Å². The molecule has 0 bridgehead atoms. The van der Waals surface area contributed by atoms with Crippen molar-refractivity contribution in [3.05, 3.63) is 65.7 Å². The van der Waals surface area contributed by atoms with Gasteiger partial charge in [-0.25, -0.2) is 0 Å². The van der Waals surface area contributed by atoms with Gasteiger partial charge < -0.3 is 10.2 Å². The summed E-state index contributed by atoms with van der Waals surface area (Å²) in [4.78, 5) is 28.8. The number of thioether (sulfide) groups is 1. The Morgan fingerprint density at radius 3 is 2.37 bits per heavy atom. The molecule has 0 fully saturated rings. The summed E-state index contributed by atoms with van der Waals surface area (Å²) in [6, 6.07) is 17.9. The van der Waals surface area contributed by atoms with Crippen molar-refractivity contribution >= 4 is 23.6 Å². The van der Waals surface area contributed by atoms with Crippen molar-refractivity contribution in [1.82, 2.24) is 10.2 Å². The van der Waals surface area contributed by atoms with E-state index in [4.69, 9.17) is 0 Å². The van der Waals surface area contributed by atoms with Crippen LogP contribution in [-0.4, -0.2) is 41.6 Å². The van der Waals surface area contributed by atoms with Gasteiger partial charge in [-0.1, -0.05) is 68.3 Å². The molecule has 5 heteroatoms. The number of rotatable bonds is 12. The average molecular weight is 427 g/mol. The highest BCUT2D eigenvalue weighted by molar-refractivity contribution is 8.00. The first-order chi connectivity index (χ1) is 14.5. The number of hydrogen-bond donors (Lipinski definition) is 1. The van der Waals surface area contributed by atoms with Crippen LogP contribution >= 0.6 is 11.8 Å². The normalized spacial score (nSPS) is 11.7. The lowest BCUT2D eigenvalue weighted by Crippen LogP contribution is -2.50. The third kappa shape index (κ3) is 7.86. The van der Waals surface area contributed by atoms with E-state index in [2.05, 4.69) is 36.5 Å². The van der Waals surface area contributed by atoms with Gasteiger partial charge in [0, 0.05) is 18.0 Å². The van der Waals surface area contributed by atoms with Gasteiger partial charge >= 0.3 is 0 Å². The first-order valence-corrected chi connectivity index (χ1v) is 11.8. The summed E-state index contributed by atoms with van der Waals surface area (Å²) in [6.07, 6.45) is 3.32. The Kier molecular flexibility index (Phi) is 10.5. The van der Waals surface area contributed by atoms with E-state index in [0.717, 1.165) is 24.2 Å². The molecule has 1 atom stereocenters. The van der Waals surface area contributed by atoms with Crippen LogP contribution in [0.1, 0.15) is 44.2 Å². The maximum atomic E-state index is 13.2. The molecule has 4 nitrogen and oxygen atoms in total. The summed E-state index contributed by atoms with van der Waals surface area (Å²) in [5.74, 6) is 0.290. The van der Waals surface area contributed by atoms with Crippen LogP contribution in [0.2, 0.25) is 0 Å². The maximum absolute atomic E-state index is 13.2. The van der Waals surface area contributed by atoms with E-state index in [9.17, 15) is 9.59 Å². The number of amides is 2. The number of benzene rings is 2. The van der Waals surface area contributed by atoms with E-state index in [1.807, 2.05) is 44.2 Å². The summed E-state index contributed by atoms with van der Waals surface area (Å²) in [7, 11) is 0. The van der Waals surface area contributed by atoms with Gasteiger partial charge in [0.05, 0.1) is 5.75 Å². The van der Waals surface area contributed by atoms with Crippen LogP contribution in [0, 0.1) is 6.92 Å². The first-order valence-electron chi connectivity index (χ1n) is 10.9. The molecule has 2 aromatic rings. The van der Waals surface area contributed by atoms with Crippen LogP contribution in [0.15, 0.2) is 59.5 Å². The van der Waals surface area contributed by atoms with Gasteiger partial charge in [0.15, 0.2) is 0 Å². The van der Waals surface area contributed by atoms with Crippen LogP contribution in [0.4, 0.5) is 0 Å². The number of unbranched alkanes of at least 4 members (excludes halogenated alkanes) is 1. The van der Waals surface area contributed by atoms with Crippen molar-refractivity contribution in [3.63, 3.8) is 0 Å². The van der Waals surface area contributed by atoms with Crippen LogP contribution in [0.3, 0.4) is 0 Å². The topological polar surface area (TPSA) is 49.4 Å². The van der Waals surface area contributed by atoms with E-state index in [-0.39, 0.29) is 11.8 Å². The van der Waals surface area contributed by atoms with Crippen LogP contribution in [0.5, 0.6) is 0 Å². The SMILES string of the molecule is CCCCNC(=O)C(CC)N(CCc1ccccc1)C(=O)CSc1ccc(C)cc1. The summed E-state index contributed by atoms with van der Waals surface area (Å²) >= 11 is 1.53. The second-order valence-corrected chi connectivity index (χ2v) is 8.54. The quantitative estimate of drug-likeness (QED) is 0.390. The van der Waals surface area contributed by atoms with Crippen molar-refractivity contribution < 1.29 is 9.59 Å². The largest absolute Gasteiger partial charge is 0.354 e. The summed E-state index contributed by atoms with van der Waals surface area (Å²) in [5.41, 5.74) is 2.37. The highest BCUT2D eigenvalue weighted by Crippen LogP contribution is 2.20. The first kappa shape index (κ1) is 24.0. The zero-order chi connectivity index (χ0) is 21.8. The Bertz CT molecular complexity index is 777. The van der Waals surface area contributed by atoms with Crippen molar-refractivity contribution in [2.45, 2.75) is 57.4 Å². The molecule has 0 spiro atoms. The second kappa shape index (κ2) is 13.1. The zero-order valence-electron chi connectivity index (χ0n) is 18.4. The highest BCUT2D eigenvalue weighted by Gasteiger charge is 2.28. The lowest BCUT2D eigenvalue weighted by molar-refractivity contribution is -0.138. The predicted molar refractivity (Wildman–Crippen MR) is 126 cm³/mol. The number of carbonyl (C=O) groups excluding carboxylic acids is 2. The minimum atomic E-state index is -0.434. The fraction of sp³-hybridized carbons (Fsp3) is 0.440. The third-order valence-electron chi connectivity index (χ3n) is 5.08. The predicted octanol–water partition coefficient (Wildman–Crippen LogP) is 4.85. The molecule has 162 valence electrons. The number of nitrogens with one attached hydrogen (secondary N) is 1. The summed E-state index contributed by atoms with van der Waals surface area (Å²) in [6.45, 7) is 7.32. The number of aryl methyl sites for hydroxylation is 1. The van der Waals surface area contributed by atoms with Gasteiger partial charge in [-0.05, 0) is 43.9 Å². The van der Waals surface area contributed by atoms with Crippen molar-refractivity contribution in [3.8, 4) is 0 Å². The minimum Gasteiger partial charge on any atom is -0.354 e. The summed E-state index contributed by atoms with van der Waals surface area (Å²) in [5, 5.41) is 3.01. The molecule has 0 radical (unpaired) electrons. The monoisotopic (exact) mass is 426 g/mol. The van der Waals surface area contributed by atoms with E-state index in [1.165, 1.54) is 22.9 Å². The van der Waals surface area contributed by atoms with E-state index >= 15 is 0 Å². The molecule has 2 amide bonds. The molecule has 30 heavy (non-hydrogen) atoms. The van der Waals surface area contributed by atoms with Gasteiger partial charge in [0.2, 0.25) is 11.8 Å². The molecule has 0 heterocycles. The number of carbonyl (C=O) groups is 2. The van der Waals surface area contributed by atoms with Gasteiger partial charge in [0.1, 0.15) is 6.04 Å². The standard InChI is InChI=1S/C25H34N2O2S/c1-4-6-17-26-25(29)23(5-2)27(18-16-21-10-8-7-9-11-21)24(28)19-30-22-14-12-20(3)13-15-22/h7-15,23H,4-6,16-19H2,1-3H3,(H,26,29). The Labute approximate surface area is 185 Å². The Morgan fingerprint density at radius 1 is 1.03 bits per heavy atom. The molecule has 2 aromatic carbocycles. The van der Waals surface area contributed by atoms with E-state index < -0.39 is 6.04 Å². The molecule has 0 aliphatic rings. The van der Waals surface area contributed by atoms with Crippen LogP contribution in [-0.2, 0) is 16.0 Å². The molecule has 0 aliphatic carbocycles. The Hall–Kier alpha value is -2.27. The van der Waals surface area contributed by atoms with E-state index in [0.29, 0.717) is 25.3 Å². The molecule has 0 aromatic heterocycles. The van der Waals surface area contributed by atoms with Gasteiger partial charge in [0.25, 0.3) is 0 Å². The lowest BCUT2D eigenvalue weighted by atomic mass is 10.1. The average Bonchev–Trinajstić information content (AvgIpc) is 2.76. The molecular weight excluding hydrogens is 392 g/mol. The highest BCUT2D eigenvalue weighted by atomic mass is 32.2. The fourth-order valence-electron chi connectivity index (χ4n) is 3.26. The third-order valence-corrected chi connectivity index (χ3v) is 6.08. The van der Waals surface area contributed by atoms with Gasteiger partial charge in [-0.3, -0.25) is 9.59 Å². The van der Waals surface area contributed by atoms with Crippen LogP contribution < -0.4 is 5.32 Å². The van der Waals surface area contributed by atoms with Gasteiger partial charge in [-0.15, -0.1) is 11.8 Å². The zero-order valence-corrected chi connectivity index (χ0v) is 19.2. The molecule has 0 aliphatic heterocycles. The lowest BCUT2D eigenvalue weighted by Gasteiger charge is -2.30. The fourth-order valence-corrected chi connectivity index (χ4v) is 4.05. The molecule has 0 saturated carbocycles. The second-order valence-electron chi connectivity index (χ2n) is 7.49. The Balaban J connectivity index is 2.08. The molecular formula is C25H34N2O2S. The molecule has 0 saturated heterocycles. The smallest absolute Gasteiger partial charge is 0.242 e. The van der Waals surface area contributed by atoms with Crippen LogP contribution in [0.25, 0.3) is 0 Å². The molecule has 2 rings (SSSR count). The number of nitrogens with zero attached hydrogens (tertiary/aromatic N) is 1. The van der Waals surface area contributed by atoms with Crippen molar-refractivity contribution in [1.29, 1.82) is 0 Å². The van der Waals surface area contributed by atoms with Gasteiger partial charge in [-0.2, -0.15) is 0 Å².